The third-order valence-electron chi connectivity index (χ3n) is 2.85. The molecule has 0 aliphatic rings. The van der Waals surface area contributed by atoms with Gasteiger partial charge in [0, 0.05) is 10.2 Å². The van der Waals surface area contributed by atoms with Crippen molar-refractivity contribution in [2.45, 2.75) is 13.0 Å². The highest BCUT2D eigenvalue weighted by atomic mass is 79.9. The topological polar surface area (TPSA) is 62.1 Å². The number of hydrogen-bond acceptors (Lipinski definition) is 3. The van der Waals surface area contributed by atoms with Crippen molar-refractivity contribution in [1.82, 2.24) is 0 Å². The molecule has 1 atom stereocenters. The number of nitrogens with zero attached hydrogens (tertiary/aromatic N) is 1. The van der Waals surface area contributed by atoms with Crippen molar-refractivity contribution in [2.75, 3.05) is 5.32 Å². The second-order valence-electron chi connectivity index (χ2n) is 4.51. The number of amides is 1. The Hall–Kier alpha value is -2.03. The number of hydrogen-bond donors (Lipinski definition) is 1. The van der Waals surface area contributed by atoms with Crippen molar-refractivity contribution in [3.05, 3.63) is 57.5 Å². The zero-order valence-corrected chi connectivity index (χ0v) is 14.0. The number of anilines is 1. The van der Waals surface area contributed by atoms with Crippen molar-refractivity contribution < 1.29 is 9.53 Å². The molecule has 1 amide bonds. The summed E-state index contributed by atoms with van der Waals surface area (Å²) in [4.78, 5) is 12.1. The summed E-state index contributed by atoms with van der Waals surface area (Å²) >= 11 is 9.36. The quantitative estimate of drug-likeness (QED) is 0.857. The lowest BCUT2D eigenvalue weighted by atomic mass is 10.2. The lowest BCUT2D eigenvalue weighted by Gasteiger charge is -2.15. The molecule has 0 fully saturated rings. The fourth-order valence-electron chi connectivity index (χ4n) is 1.69. The van der Waals surface area contributed by atoms with Gasteiger partial charge >= 0.3 is 0 Å². The Labute approximate surface area is 141 Å². The van der Waals surface area contributed by atoms with Crippen molar-refractivity contribution >= 4 is 39.1 Å². The van der Waals surface area contributed by atoms with Gasteiger partial charge in [0.05, 0.1) is 16.7 Å². The fraction of sp³-hybridized carbons (Fsp3) is 0.125. The van der Waals surface area contributed by atoms with Gasteiger partial charge in [-0.25, -0.2) is 0 Å². The van der Waals surface area contributed by atoms with Crippen LogP contribution in [0.5, 0.6) is 5.75 Å². The number of carbonyl (C=O) groups is 1. The Morgan fingerprint density at radius 2 is 2.00 bits per heavy atom. The van der Waals surface area contributed by atoms with E-state index < -0.39 is 6.10 Å². The van der Waals surface area contributed by atoms with Crippen LogP contribution in [-0.4, -0.2) is 12.0 Å². The van der Waals surface area contributed by atoms with Gasteiger partial charge in [0.2, 0.25) is 0 Å². The van der Waals surface area contributed by atoms with Gasteiger partial charge in [0.1, 0.15) is 5.75 Å². The molecule has 4 nitrogen and oxygen atoms in total. The minimum atomic E-state index is -0.714. The van der Waals surface area contributed by atoms with Crippen molar-refractivity contribution in [2.24, 2.45) is 0 Å². The maximum atomic E-state index is 12.1. The lowest BCUT2D eigenvalue weighted by molar-refractivity contribution is -0.122. The zero-order valence-electron chi connectivity index (χ0n) is 11.6. The van der Waals surface area contributed by atoms with Gasteiger partial charge in [0.15, 0.2) is 6.10 Å². The Morgan fingerprint density at radius 3 is 2.59 bits per heavy atom. The minimum Gasteiger partial charge on any atom is -0.479 e. The summed E-state index contributed by atoms with van der Waals surface area (Å²) in [6.45, 7) is 1.64. The lowest BCUT2D eigenvalue weighted by Crippen LogP contribution is -2.30. The molecule has 0 radical (unpaired) electrons. The number of rotatable bonds is 4. The molecule has 0 aromatic heterocycles. The first-order chi connectivity index (χ1) is 10.5. The number of benzene rings is 2. The predicted molar refractivity (Wildman–Crippen MR) is 89.0 cm³/mol. The first-order valence-corrected chi connectivity index (χ1v) is 7.59. The van der Waals surface area contributed by atoms with E-state index in [4.69, 9.17) is 21.6 Å². The molecule has 0 bridgehead atoms. The molecule has 1 N–H and O–H groups in total. The average molecular weight is 380 g/mol. The van der Waals surface area contributed by atoms with Crippen LogP contribution in [0.2, 0.25) is 5.02 Å². The molecular formula is C16H12BrClN2O2. The van der Waals surface area contributed by atoms with E-state index in [1.54, 1.807) is 49.4 Å². The van der Waals surface area contributed by atoms with Gasteiger partial charge in [-0.2, -0.15) is 5.26 Å². The van der Waals surface area contributed by atoms with Gasteiger partial charge in [-0.1, -0.05) is 27.5 Å². The summed E-state index contributed by atoms with van der Waals surface area (Å²) in [5.74, 6) is 0.135. The number of halogens is 2. The Kier molecular flexibility index (Phi) is 5.42. The molecule has 0 saturated carbocycles. The van der Waals surface area contributed by atoms with E-state index in [2.05, 4.69) is 21.2 Å². The Bertz CT molecular complexity index is 726. The van der Waals surface area contributed by atoms with E-state index >= 15 is 0 Å². The van der Waals surface area contributed by atoms with Crippen LogP contribution in [0.4, 0.5) is 5.69 Å². The predicted octanol–water partition coefficient (Wildman–Crippen LogP) is 4.38. The summed E-state index contributed by atoms with van der Waals surface area (Å²) in [6.07, 6.45) is -0.714. The highest BCUT2D eigenvalue weighted by Gasteiger charge is 2.16. The normalized spacial score (nSPS) is 11.4. The van der Waals surface area contributed by atoms with Crippen molar-refractivity contribution in [3.63, 3.8) is 0 Å². The molecule has 2 aromatic rings. The zero-order chi connectivity index (χ0) is 16.1. The molecule has 2 aromatic carbocycles. The Balaban J connectivity index is 2.01. The van der Waals surface area contributed by atoms with Crippen LogP contribution < -0.4 is 10.1 Å². The minimum absolute atomic E-state index is 0.302. The molecule has 0 aliphatic heterocycles. The van der Waals surface area contributed by atoms with E-state index in [0.29, 0.717) is 22.0 Å². The molecule has 6 heteroatoms. The smallest absolute Gasteiger partial charge is 0.265 e. The highest BCUT2D eigenvalue weighted by Crippen LogP contribution is 2.28. The Morgan fingerprint density at radius 1 is 1.32 bits per heavy atom. The molecule has 0 heterocycles. The summed E-state index contributed by atoms with van der Waals surface area (Å²) < 4.78 is 6.39. The van der Waals surface area contributed by atoms with Crippen molar-refractivity contribution in [3.8, 4) is 11.8 Å². The maximum Gasteiger partial charge on any atom is 0.265 e. The standard InChI is InChI=1S/C16H12BrClN2O2/c1-10(22-15-7-4-12(17)8-14(15)18)16(21)20-13-5-2-11(9-19)3-6-13/h2-8,10H,1H3,(H,20,21). The van der Waals surface area contributed by atoms with Gasteiger partial charge in [-0.15, -0.1) is 0 Å². The van der Waals surface area contributed by atoms with E-state index in [9.17, 15) is 4.79 Å². The molecule has 22 heavy (non-hydrogen) atoms. The molecule has 112 valence electrons. The van der Waals surface area contributed by atoms with E-state index in [-0.39, 0.29) is 5.91 Å². The number of nitriles is 1. The monoisotopic (exact) mass is 378 g/mol. The number of ether oxygens (including phenoxy) is 1. The molecule has 0 aliphatic carbocycles. The molecule has 2 rings (SSSR count). The summed E-state index contributed by atoms with van der Waals surface area (Å²) in [5, 5.41) is 11.9. The van der Waals surface area contributed by atoms with Gasteiger partial charge in [0.25, 0.3) is 5.91 Å². The van der Waals surface area contributed by atoms with Gasteiger partial charge < -0.3 is 10.1 Å². The van der Waals surface area contributed by atoms with E-state index in [0.717, 1.165) is 4.47 Å². The summed E-state index contributed by atoms with van der Waals surface area (Å²) in [7, 11) is 0. The highest BCUT2D eigenvalue weighted by molar-refractivity contribution is 9.10. The van der Waals surface area contributed by atoms with Crippen LogP contribution in [0.3, 0.4) is 0 Å². The van der Waals surface area contributed by atoms with E-state index in [1.165, 1.54) is 0 Å². The maximum absolute atomic E-state index is 12.1. The summed E-state index contributed by atoms with van der Waals surface area (Å²) in [6, 6.07) is 13.8. The van der Waals surface area contributed by atoms with Crippen LogP contribution in [-0.2, 0) is 4.79 Å². The van der Waals surface area contributed by atoms with Crippen LogP contribution in [0.15, 0.2) is 46.9 Å². The molecule has 0 saturated heterocycles. The largest absolute Gasteiger partial charge is 0.479 e. The fourth-order valence-corrected chi connectivity index (χ4v) is 2.40. The van der Waals surface area contributed by atoms with Crippen LogP contribution >= 0.6 is 27.5 Å². The van der Waals surface area contributed by atoms with Crippen LogP contribution in [0.25, 0.3) is 0 Å². The number of nitrogens with one attached hydrogen (secondary N) is 1. The first kappa shape index (κ1) is 16.3. The van der Waals surface area contributed by atoms with Crippen LogP contribution in [0.1, 0.15) is 12.5 Å². The SMILES string of the molecule is CC(Oc1ccc(Br)cc1Cl)C(=O)Nc1ccc(C#N)cc1. The molecule has 0 spiro atoms. The van der Waals surface area contributed by atoms with Gasteiger partial charge in [-0.05, 0) is 49.4 Å². The van der Waals surface area contributed by atoms with Gasteiger partial charge in [-0.3, -0.25) is 4.79 Å². The first-order valence-electron chi connectivity index (χ1n) is 6.42. The van der Waals surface area contributed by atoms with E-state index in [1.807, 2.05) is 6.07 Å². The summed E-state index contributed by atoms with van der Waals surface area (Å²) in [5.41, 5.74) is 1.13. The van der Waals surface area contributed by atoms with Crippen molar-refractivity contribution in [1.29, 1.82) is 5.26 Å². The third-order valence-corrected chi connectivity index (χ3v) is 3.64. The molecule has 1 unspecified atom stereocenters. The third kappa shape index (κ3) is 4.23. The average Bonchev–Trinajstić information content (AvgIpc) is 2.50. The second kappa shape index (κ2) is 7.30. The second-order valence-corrected chi connectivity index (χ2v) is 5.84. The van der Waals surface area contributed by atoms with Crippen LogP contribution in [0, 0.1) is 11.3 Å². The molecular weight excluding hydrogens is 368 g/mol. The number of carbonyl (C=O) groups excluding carboxylic acids is 1.